The van der Waals surface area contributed by atoms with Crippen LogP contribution in [-0.4, -0.2) is 29.0 Å². The summed E-state index contributed by atoms with van der Waals surface area (Å²) in [5.41, 5.74) is 0.729. The fraction of sp³-hybridized carbons (Fsp3) is 0.400. The Balaban J connectivity index is 2.33. The van der Waals surface area contributed by atoms with Crippen molar-refractivity contribution in [2.24, 2.45) is 0 Å². The summed E-state index contributed by atoms with van der Waals surface area (Å²) in [7, 11) is 0. The molecule has 0 aliphatic rings. The maximum absolute atomic E-state index is 11.9. The molecule has 0 aliphatic heterocycles. The molecule has 0 saturated heterocycles. The second-order valence-electron chi connectivity index (χ2n) is 3.35. The quantitative estimate of drug-likeness (QED) is 0.739. The Morgan fingerprint density at radius 3 is 2.25 bits per heavy atom. The number of phenols is 1. The molecule has 0 fully saturated rings. The molecule has 0 aromatic heterocycles. The second kappa shape index (κ2) is 5.18. The normalized spacial score (nSPS) is 13.8. The van der Waals surface area contributed by atoms with Crippen LogP contribution in [0.1, 0.15) is 5.56 Å². The number of benzene rings is 1. The molecule has 3 nitrogen and oxygen atoms in total. The number of aliphatic hydroxyl groups excluding tert-OH is 1. The van der Waals surface area contributed by atoms with Crippen molar-refractivity contribution in [1.82, 2.24) is 5.32 Å². The summed E-state index contributed by atoms with van der Waals surface area (Å²) in [6, 6.07) is 6.05. The van der Waals surface area contributed by atoms with E-state index in [2.05, 4.69) is 5.32 Å². The molecule has 1 aromatic carbocycles. The van der Waals surface area contributed by atoms with Crippen molar-refractivity contribution in [3.8, 4) is 5.75 Å². The van der Waals surface area contributed by atoms with Crippen LogP contribution in [0.3, 0.4) is 0 Å². The van der Waals surface area contributed by atoms with Gasteiger partial charge in [-0.25, -0.2) is 0 Å². The fourth-order valence-electron chi connectivity index (χ4n) is 1.08. The molecule has 1 unspecified atom stereocenters. The molecular weight excluding hydrogens is 223 g/mol. The van der Waals surface area contributed by atoms with Crippen LogP contribution in [0.15, 0.2) is 24.3 Å². The van der Waals surface area contributed by atoms with Crippen LogP contribution in [0.25, 0.3) is 0 Å². The van der Waals surface area contributed by atoms with Crippen molar-refractivity contribution in [3.05, 3.63) is 29.8 Å². The van der Waals surface area contributed by atoms with Crippen LogP contribution in [0.5, 0.6) is 5.75 Å². The first kappa shape index (κ1) is 12.8. The SMILES string of the molecule is Oc1ccc(CNCC(O)C(F)(F)F)cc1. The highest BCUT2D eigenvalue weighted by molar-refractivity contribution is 5.25. The van der Waals surface area contributed by atoms with Gasteiger partial charge in [0.15, 0.2) is 6.10 Å². The van der Waals surface area contributed by atoms with Crippen molar-refractivity contribution in [2.75, 3.05) is 6.54 Å². The van der Waals surface area contributed by atoms with Gasteiger partial charge in [-0.1, -0.05) is 12.1 Å². The molecule has 0 heterocycles. The van der Waals surface area contributed by atoms with Gasteiger partial charge in [0.1, 0.15) is 5.75 Å². The van der Waals surface area contributed by atoms with E-state index in [0.29, 0.717) is 0 Å². The lowest BCUT2D eigenvalue weighted by Crippen LogP contribution is -2.38. The van der Waals surface area contributed by atoms with Crippen LogP contribution < -0.4 is 5.32 Å². The minimum atomic E-state index is -4.60. The molecule has 1 aromatic rings. The first-order valence-electron chi connectivity index (χ1n) is 4.63. The number of aromatic hydroxyl groups is 1. The molecule has 6 heteroatoms. The predicted octanol–water partition coefficient (Wildman–Crippen LogP) is 1.41. The maximum atomic E-state index is 11.9. The molecule has 1 rings (SSSR count). The molecule has 90 valence electrons. The van der Waals surface area contributed by atoms with E-state index >= 15 is 0 Å². The first-order chi connectivity index (χ1) is 7.39. The van der Waals surface area contributed by atoms with Crippen molar-refractivity contribution in [3.63, 3.8) is 0 Å². The number of phenolic OH excluding ortho intramolecular Hbond substituents is 1. The molecule has 3 N–H and O–H groups in total. The molecule has 0 aliphatic carbocycles. The van der Waals surface area contributed by atoms with E-state index in [1.165, 1.54) is 12.1 Å². The highest BCUT2D eigenvalue weighted by Crippen LogP contribution is 2.19. The van der Waals surface area contributed by atoms with Gasteiger partial charge < -0.3 is 15.5 Å². The minimum Gasteiger partial charge on any atom is -0.508 e. The lowest BCUT2D eigenvalue weighted by Gasteiger charge is -2.14. The van der Waals surface area contributed by atoms with E-state index in [9.17, 15) is 13.2 Å². The molecule has 0 amide bonds. The number of hydrogen-bond donors (Lipinski definition) is 3. The third kappa shape index (κ3) is 4.08. The van der Waals surface area contributed by atoms with E-state index in [1.807, 2.05) is 0 Å². The van der Waals surface area contributed by atoms with Crippen molar-refractivity contribution >= 4 is 0 Å². The number of nitrogens with one attached hydrogen (secondary N) is 1. The van der Waals surface area contributed by atoms with Crippen LogP contribution in [0.4, 0.5) is 13.2 Å². The Morgan fingerprint density at radius 2 is 1.75 bits per heavy atom. The first-order valence-corrected chi connectivity index (χ1v) is 4.63. The number of aliphatic hydroxyl groups is 1. The molecule has 0 spiro atoms. The van der Waals surface area contributed by atoms with Crippen molar-refractivity contribution in [1.29, 1.82) is 0 Å². The van der Waals surface area contributed by atoms with Gasteiger partial charge in [0.05, 0.1) is 0 Å². The van der Waals surface area contributed by atoms with Crippen molar-refractivity contribution < 1.29 is 23.4 Å². The van der Waals surface area contributed by atoms with Gasteiger partial charge in [0, 0.05) is 13.1 Å². The topological polar surface area (TPSA) is 52.5 Å². The van der Waals surface area contributed by atoms with E-state index in [-0.39, 0.29) is 12.3 Å². The highest BCUT2D eigenvalue weighted by Gasteiger charge is 2.37. The average Bonchev–Trinajstić information content (AvgIpc) is 2.19. The molecule has 0 saturated carbocycles. The Kier molecular flexibility index (Phi) is 4.14. The van der Waals surface area contributed by atoms with Crippen molar-refractivity contribution in [2.45, 2.75) is 18.8 Å². The summed E-state index contributed by atoms with van der Waals surface area (Å²) in [6.45, 7) is -0.349. The average molecular weight is 235 g/mol. The van der Waals surface area contributed by atoms with Crippen LogP contribution in [0.2, 0.25) is 0 Å². The molecular formula is C10H12F3NO2. The monoisotopic (exact) mass is 235 g/mol. The summed E-state index contributed by atoms with van der Waals surface area (Å²) in [5, 5.41) is 20.1. The predicted molar refractivity (Wildman–Crippen MR) is 51.9 cm³/mol. The van der Waals surface area contributed by atoms with Gasteiger partial charge in [-0.15, -0.1) is 0 Å². The third-order valence-electron chi connectivity index (χ3n) is 1.98. The summed E-state index contributed by atoms with van der Waals surface area (Å²) >= 11 is 0. The Bertz CT molecular complexity index is 324. The number of alkyl halides is 3. The van der Waals surface area contributed by atoms with Gasteiger partial charge in [0.2, 0.25) is 0 Å². The van der Waals surface area contributed by atoms with Crippen LogP contribution >= 0.6 is 0 Å². The van der Waals surface area contributed by atoms with E-state index in [0.717, 1.165) is 5.56 Å². The standard InChI is InChI=1S/C10H12F3NO2/c11-10(12,13)9(16)6-14-5-7-1-3-8(15)4-2-7/h1-4,9,14-16H,5-6H2. The smallest absolute Gasteiger partial charge is 0.415 e. The highest BCUT2D eigenvalue weighted by atomic mass is 19.4. The van der Waals surface area contributed by atoms with E-state index in [1.54, 1.807) is 12.1 Å². The lowest BCUT2D eigenvalue weighted by molar-refractivity contribution is -0.201. The zero-order valence-corrected chi connectivity index (χ0v) is 8.33. The molecule has 1 atom stereocenters. The zero-order valence-electron chi connectivity index (χ0n) is 8.33. The fourth-order valence-corrected chi connectivity index (χ4v) is 1.08. The number of rotatable bonds is 4. The number of hydrogen-bond acceptors (Lipinski definition) is 3. The largest absolute Gasteiger partial charge is 0.508 e. The van der Waals surface area contributed by atoms with E-state index in [4.69, 9.17) is 10.2 Å². The third-order valence-corrected chi connectivity index (χ3v) is 1.98. The molecule has 0 bridgehead atoms. The van der Waals surface area contributed by atoms with Gasteiger partial charge in [-0.2, -0.15) is 13.2 Å². The summed E-state index contributed by atoms with van der Waals surface area (Å²) < 4.78 is 35.7. The molecule has 0 radical (unpaired) electrons. The van der Waals surface area contributed by atoms with E-state index < -0.39 is 18.8 Å². The van der Waals surface area contributed by atoms with Gasteiger partial charge in [0.25, 0.3) is 0 Å². The van der Waals surface area contributed by atoms with Gasteiger partial charge in [-0.05, 0) is 17.7 Å². The Labute approximate surface area is 90.5 Å². The zero-order chi connectivity index (χ0) is 12.2. The summed E-state index contributed by atoms with van der Waals surface area (Å²) in [4.78, 5) is 0. The Morgan fingerprint density at radius 1 is 1.19 bits per heavy atom. The second-order valence-corrected chi connectivity index (χ2v) is 3.35. The number of halogens is 3. The lowest BCUT2D eigenvalue weighted by atomic mass is 10.2. The molecule has 16 heavy (non-hydrogen) atoms. The minimum absolute atomic E-state index is 0.0964. The summed E-state index contributed by atoms with van der Waals surface area (Å²) in [6.07, 6.45) is -6.95. The Hall–Kier alpha value is -1.27. The van der Waals surface area contributed by atoms with Gasteiger partial charge >= 0.3 is 6.18 Å². The van der Waals surface area contributed by atoms with Crippen LogP contribution in [-0.2, 0) is 6.54 Å². The van der Waals surface area contributed by atoms with Gasteiger partial charge in [-0.3, -0.25) is 0 Å². The summed E-state index contributed by atoms with van der Waals surface area (Å²) in [5.74, 6) is 0.0964. The van der Waals surface area contributed by atoms with Crippen LogP contribution in [0, 0.1) is 0 Å². The maximum Gasteiger partial charge on any atom is 0.415 e.